The van der Waals surface area contributed by atoms with Crippen LogP contribution in [0.5, 0.6) is 5.75 Å². The number of aromatic hydroxyl groups is 1. The number of likely N-dealkylation sites (tertiary alicyclic amines) is 2. The highest BCUT2D eigenvalue weighted by atomic mass is 32.1. The quantitative estimate of drug-likeness (QED) is 0.0622. The number of phenols is 1. The number of rotatable bonds is 18. The minimum absolute atomic E-state index is 0.0701. The summed E-state index contributed by atoms with van der Waals surface area (Å²) < 4.78 is 0. The molecule has 2 aliphatic rings. The Kier molecular flexibility index (Phi) is 14.4. The first-order valence-electron chi connectivity index (χ1n) is 21.1. The number of para-hydroxylation sites is 1. The summed E-state index contributed by atoms with van der Waals surface area (Å²) in [6, 6.07) is 16.4. The van der Waals surface area contributed by atoms with Crippen molar-refractivity contribution in [3.63, 3.8) is 0 Å². The van der Waals surface area contributed by atoms with Crippen molar-refractivity contribution in [2.75, 3.05) is 32.7 Å². The lowest BCUT2D eigenvalue weighted by Gasteiger charge is -2.32. The number of aliphatic hydroxyl groups excluding tert-OH is 1. The van der Waals surface area contributed by atoms with Crippen LogP contribution in [0.3, 0.4) is 0 Å². The summed E-state index contributed by atoms with van der Waals surface area (Å²) in [5.41, 5.74) is 8.25. The third kappa shape index (κ3) is 10.9. The normalized spacial score (nSPS) is 17.4. The SMILES string of the molecule is Cc1ncsc1-c1ccc(CNC(=O)[C@@H]2C[C@@H](O)CN2C(=O)CNC(=O)CCCCCCCCCN2CCC(c3c[nH]c4nnc(-c5ccccc5O)cc34)CC2)cc1. The second-order valence-electron chi connectivity index (χ2n) is 16.0. The number of aliphatic hydroxyl groups is 1. The van der Waals surface area contributed by atoms with Gasteiger partial charge in [-0.3, -0.25) is 14.4 Å². The number of amides is 3. The molecule has 3 amide bonds. The van der Waals surface area contributed by atoms with Crippen molar-refractivity contribution in [2.45, 2.75) is 102 Å². The van der Waals surface area contributed by atoms with Gasteiger partial charge in [0.25, 0.3) is 0 Å². The molecule has 14 heteroatoms. The van der Waals surface area contributed by atoms with Crippen LogP contribution >= 0.6 is 11.3 Å². The first kappa shape index (κ1) is 42.0. The minimum Gasteiger partial charge on any atom is -0.507 e. The average molecular weight is 821 g/mol. The van der Waals surface area contributed by atoms with Crippen LogP contribution in [0.1, 0.15) is 93.4 Å². The minimum atomic E-state index is -0.786. The molecule has 5 N–H and O–H groups in total. The van der Waals surface area contributed by atoms with Gasteiger partial charge in [-0.15, -0.1) is 21.5 Å². The maximum absolute atomic E-state index is 13.1. The third-order valence-electron chi connectivity index (χ3n) is 11.8. The lowest BCUT2D eigenvalue weighted by atomic mass is 9.89. The van der Waals surface area contributed by atoms with E-state index < -0.39 is 12.1 Å². The van der Waals surface area contributed by atoms with Crippen LogP contribution in [0, 0.1) is 6.92 Å². The Labute approximate surface area is 349 Å². The van der Waals surface area contributed by atoms with Crippen LogP contribution in [0.15, 0.2) is 66.3 Å². The molecule has 2 aromatic carbocycles. The highest BCUT2D eigenvalue weighted by Crippen LogP contribution is 2.35. The number of thiazole rings is 1. The van der Waals surface area contributed by atoms with Gasteiger partial charge in [-0.05, 0) is 93.0 Å². The van der Waals surface area contributed by atoms with Crippen molar-refractivity contribution in [1.29, 1.82) is 0 Å². The van der Waals surface area contributed by atoms with E-state index in [1.807, 2.05) is 54.9 Å². The molecule has 7 rings (SSSR count). The van der Waals surface area contributed by atoms with Crippen LogP contribution < -0.4 is 10.6 Å². The van der Waals surface area contributed by atoms with E-state index >= 15 is 0 Å². The van der Waals surface area contributed by atoms with E-state index in [2.05, 4.69) is 41.9 Å². The maximum Gasteiger partial charge on any atom is 0.243 e. The number of aryl methyl sites for hydroxylation is 1. The summed E-state index contributed by atoms with van der Waals surface area (Å²) in [6.07, 6.45) is 11.6. The zero-order valence-electron chi connectivity index (χ0n) is 33.9. The molecule has 2 atom stereocenters. The molecule has 2 fully saturated rings. The van der Waals surface area contributed by atoms with Gasteiger partial charge in [-0.1, -0.05) is 68.5 Å². The number of carbonyl (C=O) groups is 3. The number of carbonyl (C=O) groups excluding carboxylic acids is 3. The number of fused-ring (bicyclic) bond motifs is 1. The number of hydrogen-bond acceptors (Lipinski definition) is 10. The van der Waals surface area contributed by atoms with Crippen molar-refractivity contribution < 1.29 is 24.6 Å². The number of aromatic amines is 1. The number of phenolic OH excluding ortho intramolecular Hbond substituents is 1. The molecule has 5 aromatic rings. The molecular formula is C45H56N8O5S. The smallest absolute Gasteiger partial charge is 0.243 e. The fourth-order valence-corrected chi connectivity index (χ4v) is 9.25. The Bertz CT molecular complexity index is 2180. The lowest BCUT2D eigenvalue weighted by molar-refractivity contribution is -0.138. The number of unbranched alkanes of at least 4 members (excludes halogenated alkanes) is 6. The van der Waals surface area contributed by atoms with Crippen molar-refractivity contribution in [3.05, 3.63) is 83.1 Å². The van der Waals surface area contributed by atoms with Crippen LogP contribution in [0.2, 0.25) is 0 Å². The number of β-amino-alcohol motifs (C(OH)–C–C–N with tert-alkyl or cyclic N) is 1. The first-order valence-corrected chi connectivity index (χ1v) is 22.0. The summed E-state index contributed by atoms with van der Waals surface area (Å²) >= 11 is 1.59. The number of H-pyrrole nitrogens is 1. The molecule has 0 spiro atoms. The van der Waals surface area contributed by atoms with Crippen LogP contribution in [-0.2, 0) is 20.9 Å². The summed E-state index contributed by atoms with van der Waals surface area (Å²) in [5.74, 6) is -0.182. The molecule has 0 aliphatic carbocycles. The highest BCUT2D eigenvalue weighted by Gasteiger charge is 2.38. The number of benzene rings is 2. The van der Waals surface area contributed by atoms with Gasteiger partial charge in [-0.25, -0.2) is 4.98 Å². The van der Waals surface area contributed by atoms with Gasteiger partial charge in [0, 0.05) is 43.1 Å². The Hall–Kier alpha value is -5.18. The Morgan fingerprint density at radius 1 is 0.932 bits per heavy atom. The van der Waals surface area contributed by atoms with Crippen LogP contribution in [0.25, 0.3) is 32.7 Å². The predicted molar refractivity (Wildman–Crippen MR) is 230 cm³/mol. The van der Waals surface area contributed by atoms with Gasteiger partial charge in [0.1, 0.15) is 11.8 Å². The van der Waals surface area contributed by atoms with Gasteiger partial charge >= 0.3 is 0 Å². The van der Waals surface area contributed by atoms with Gasteiger partial charge in [0.2, 0.25) is 17.7 Å². The van der Waals surface area contributed by atoms with E-state index in [0.717, 1.165) is 90.9 Å². The summed E-state index contributed by atoms with van der Waals surface area (Å²) in [7, 11) is 0. The molecular weight excluding hydrogens is 765 g/mol. The van der Waals surface area contributed by atoms with E-state index in [1.54, 1.807) is 23.5 Å². The van der Waals surface area contributed by atoms with Crippen molar-refractivity contribution in [3.8, 4) is 27.4 Å². The fourth-order valence-electron chi connectivity index (χ4n) is 8.44. The second-order valence-corrected chi connectivity index (χ2v) is 16.9. The topological polar surface area (TPSA) is 177 Å². The molecule has 13 nitrogen and oxygen atoms in total. The highest BCUT2D eigenvalue weighted by molar-refractivity contribution is 7.13. The van der Waals surface area contributed by atoms with Crippen molar-refractivity contribution >= 4 is 40.1 Å². The molecule has 2 saturated heterocycles. The molecule has 0 unspecified atom stereocenters. The predicted octanol–water partition coefficient (Wildman–Crippen LogP) is 6.46. The van der Waals surface area contributed by atoms with Gasteiger partial charge < -0.3 is 35.6 Å². The van der Waals surface area contributed by atoms with Crippen LogP contribution in [0.4, 0.5) is 0 Å². The fraction of sp³-hybridized carbons (Fsp3) is 0.467. The largest absolute Gasteiger partial charge is 0.507 e. The number of aromatic nitrogens is 4. The number of nitrogens with one attached hydrogen (secondary N) is 3. The van der Waals surface area contributed by atoms with E-state index in [-0.39, 0.29) is 43.0 Å². The molecule has 5 heterocycles. The molecule has 59 heavy (non-hydrogen) atoms. The first-order chi connectivity index (χ1) is 28.7. The third-order valence-corrected chi connectivity index (χ3v) is 12.8. The summed E-state index contributed by atoms with van der Waals surface area (Å²) in [4.78, 5) is 51.3. The Balaban J connectivity index is 0.724. The van der Waals surface area contributed by atoms with Crippen molar-refractivity contribution in [1.82, 2.24) is 40.6 Å². The molecule has 3 aromatic heterocycles. The van der Waals surface area contributed by atoms with E-state index in [4.69, 9.17) is 0 Å². The molecule has 312 valence electrons. The lowest BCUT2D eigenvalue weighted by Crippen LogP contribution is -2.48. The number of nitrogens with zero attached hydrogens (tertiary/aromatic N) is 5. The van der Waals surface area contributed by atoms with E-state index in [1.165, 1.54) is 29.7 Å². The van der Waals surface area contributed by atoms with Gasteiger partial charge in [0.15, 0.2) is 5.65 Å². The van der Waals surface area contributed by atoms with E-state index in [9.17, 15) is 24.6 Å². The summed E-state index contributed by atoms with van der Waals surface area (Å²) in [6.45, 7) is 5.45. The van der Waals surface area contributed by atoms with E-state index in [0.29, 0.717) is 30.1 Å². The average Bonchev–Trinajstić information content (AvgIpc) is 4.00. The Morgan fingerprint density at radius 2 is 1.68 bits per heavy atom. The summed E-state index contributed by atoms with van der Waals surface area (Å²) in [5, 5.41) is 36.1. The van der Waals surface area contributed by atoms with Crippen LogP contribution in [-0.4, -0.2) is 103 Å². The maximum atomic E-state index is 13.1. The number of piperidine rings is 1. The second kappa shape index (κ2) is 20.2. The van der Waals surface area contributed by atoms with Gasteiger partial charge in [-0.2, -0.15) is 0 Å². The molecule has 0 radical (unpaired) electrons. The Morgan fingerprint density at radius 3 is 2.42 bits per heavy atom. The zero-order valence-corrected chi connectivity index (χ0v) is 34.7. The standard InChI is InChI=1S/C45H56N8O5S/c1-30-43(59-29-49-30)33-16-14-31(15-17-33)25-48-45(58)39-23-34(54)28-53(39)42(57)27-46-41(56)13-7-5-3-2-4-6-10-20-52-21-18-32(19-22-52)37-26-47-44-36(37)24-38(50-51-44)35-11-8-9-12-40(35)55/h8-9,11-12,14-17,24,26,29,32,34,39,54-55H,2-7,10,13,18-23,25,27-28H2,1H3,(H,46,56)(H,47,51)(H,48,58)/t34-,39+/m1/s1. The molecule has 2 aliphatic heterocycles. The van der Waals surface area contributed by atoms with Gasteiger partial charge in [0.05, 0.1) is 34.4 Å². The molecule has 0 saturated carbocycles. The number of hydrogen-bond donors (Lipinski definition) is 5. The monoisotopic (exact) mass is 820 g/mol. The molecule has 0 bridgehead atoms. The van der Waals surface area contributed by atoms with Crippen molar-refractivity contribution in [2.24, 2.45) is 0 Å². The zero-order chi connectivity index (χ0) is 41.1.